The van der Waals surface area contributed by atoms with Crippen molar-refractivity contribution in [3.05, 3.63) is 11.6 Å². The molecule has 0 saturated heterocycles. The Morgan fingerprint density at radius 1 is 1.58 bits per heavy atom. The molecule has 0 rings (SSSR count). The van der Waals surface area contributed by atoms with Crippen molar-refractivity contribution in [2.45, 2.75) is 26.7 Å². The van der Waals surface area contributed by atoms with Crippen molar-refractivity contribution in [3.8, 4) is 11.8 Å². The van der Waals surface area contributed by atoms with Crippen molar-refractivity contribution >= 4 is 5.97 Å². The van der Waals surface area contributed by atoms with Gasteiger partial charge >= 0.3 is 29.6 Å². The Kier molecular flexibility index (Phi) is 10.6. The molecule has 0 heterocycles. The number of rotatable bonds is 3. The van der Waals surface area contributed by atoms with Crippen molar-refractivity contribution in [1.29, 1.82) is 0 Å². The first-order valence-corrected chi connectivity index (χ1v) is 3.44. The molecule has 0 N–H and O–H groups in total. The minimum atomic E-state index is -1.13. The number of carboxylic acids is 1. The maximum atomic E-state index is 10.0. The zero-order valence-electron chi connectivity index (χ0n) is 7.81. The molecule has 0 saturated carbocycles. The van der Waals surface area contributed by atoms with E-state index in [9.17, 15) is 9.90 Å². The summed E-state index contributed by atoms with van der Waals surface area (Å²) in [4.78, 5) is 10.0. The Hall–Kier alpha value is -0.230. The third kappa shape index (κ3) is 9.77. The maximum Gasteiger partial charge on any atom is 1.00 e. The molecule has 2 nitrogen and oxygen atoms in total. The van der Waals surface area contributed by atoms with Gasteiger partial charge in [0.25, 0.3) is 0 Å². The van der Waals surface area contributed by atoms with E-state index >= 15 is 0 Å². The van der Waals surface area contributed by atoms with Gasteiger partial charge in [-0.3, -0.25) is 0 Å². The minimum absolute atomic E-state index is 0. The van der Waals surface area contributed by atoms with Crippen molar-refractivity contribution < 1.29 is 39.5 Å². The second-order valence-corrected chi connectivity index (χ2v) is 2.24. The molecule has 0 bridgehead atoms. The van der Waals surface area contributed by atoms with Crippen LogP contribution in [0.1, 0.15) is 26.7 Å². The van der Waals surface area contributed by atoms with E-state index in [4.69, 9.17) is 0 Å². The first-order valence-electron chi connectivity index (χ1n) is 3.44. The molecule has 0 aromatic rings. The van der Waals surface area contributed by atoms with Gasteiger partial charge in [0.05, 0.1) is 5.97 Å². The SMILES string of the molecule is CC#CCC/C(C)=C\C(=O)[O-].[Na+]. The number of carboxylic acid groups (broad SMARTS) is 1. The summed E-state index contributed by atoms with van der Waals surface area (Å²) in [5.41, 5.74) is 0.799. The van der Waals surface area contributed by atoms with Crippen molar-refractivity contribution in [2.24, 2.45) is 0 Å². The summed E-state index contributed by atoms with van der Waals surface area (Å²) in [6.07, 6.45) is 2.53. The molecule has 3 heteroatoms. The van der Waals surface area contributed by atoms with Gasteiger partial charge in [-0.2, -0.15) is 0 Å². The summed E-state index contributed by atoms with van der Waals surface area (Å²) >= 11 is 0. The first kappa shape index (κ1) is 14.3. The Bertz CT molecular complexity index is 220. The molecule has 0 aromatic carbocycles. The molecule has 0 fully saturated rings. The fourth-order valence-corrected chi connectivity index (χ4v) is 0.658. The molecule has 0 aliphatic rings. The van der Waals surface area contributed by atoms with Crippen LogP contribution in [0.3, 0.4) is 0 Å². The van der Waals surface area contributed by atoms with E-state index in [0.717, 1.165) is 11.6 Å². The second kappa shape index (κ2) is 8.86. The Morgan fingerprint density at radius 2 is 2.17 bits per heavy atom. The predicted molar refractivity (Wildman–Crippen MR) is 41.4 cm³/mol. The van der Waals surface area contributed by atoms with E-state index in [0.29, 0.717) is 12.8 Å². The molecule has 60 valence electrons. The Labute approximate surface area is 95.3 Å². The number of carbonyl (C=O) groups excluding carboxylic acids is 1. The van der Waals surface area contributed by atoms with E-state index in [1.165, 1.54) is 0 Å². The molecule has 0 radical (unpaired) electrons. The molecule has 0 aliphatic heterocycles. The second-order valence-electron chi connectivity index (χ2n) is 2.24. The standard InChI is InChI=1S/C9H12O2.Na/c1-3-4-5-6-8(2)7-9(10)11;/h7H,5-6H2,1-2H3,(H,10,11);/q;+1/p-1/b8-7-;. The van der Waals surface area contributed by atoms with Crippen LogP contribution in [-0.4, -0.2) is 5.97 Å². The molecule has 0 amide bonds. The number of carbonyl (C=O) groups is 1. The average molecular weight is 174 g/mol. The van der Waals surface area contributed by atoms with Crippen LogP contribution in [0.5, 0.6) is 0 Å². The third-order valence-corrected chi connectivity index (χ3v) is 1.19. The Morgan fingerprint density at radius 3 is 2.58 bits per heavy atom. The van der Waals surface area contributed by atoms with Crippen LogP contribution in [0.15, 0.2) is 11.6 Å². The summed E-state index contributed by atoms with van der Waals surface area (Å²) in [6.45, 7) is 3.52. The molecule has 0 unspecified atom stereocenters. The van der Waals surface area contributed by atoms with Crippen molar-refractivity contribution in [3.63, 3.8) is 0 Å². The molecular weight excluding hydrogens is 163 g/mol. The van der Waals surface area contributed by atoms with E-state index in [1.54, 1.807) is 13.8 Å². The molecule has 0 spiro atoms. The molecular formula is C9H11NaO2. The summed E-state index contributed by atoms with van der Waals surface area (Å²) in [7, 11) is 0. The van der Waals surface area contributed by atoms with Gasteiger partial charge in [-0.15, -0.1) is 11.8 Å². The van der Waals surface area contributed by atoms with Gasteiger partial charge in [0.1, 0.15) is 0 Å². The molecule has 0 atom stereocenters. The van der Waals surface area contributed by atoms with Gasteiger partial charge in [-0.25, -0.2) is 0 Å². The summed E-state index contributed by atoms with van der Waals surface area (Å²) < 4.78 is 0. The maximum absolute atomic E-state index is 10.0. The fraction of sp³-hybridized carbons (Fsp3) is 0.444. The molecule has 0 aromatic heterocycles. The van der Waals surface area contributed by atoms with Gasteiger partial charge in [0.2, 0.25) is 0 Å². The number of hydrogen-bond acceptors (Lipinski definition) is 2. The predicted octanol–water partition coefficient (Wildman–Crippen LogP) is -2.51. The summed E-state index contributed by atoms with van der Waals surface area (Å²) in [6, 6.07) is 0. The first-order chi connectivity index (χ1) is 5.16. The zero-order chi connectivity index (χ0) is 8.69. The van der Waals surface area contributed by atoms with E-state index in [-0.39, 0.29) is 29.6 Å². The number of allylic oxidation sites excluding steroid dienone is 1. The summed E-state index contributed by atoms with van der Waals surface area (Å²) in [5, 5.41) is 10.0. The van der Waals surface area contributed by atoms with Crippen LogP contribution in [0.2, 0.25) is 0 Å². The van der Waals surface area contributed by atoms with E-state index < -0.39 is 5.97 Å². The number of hydrogen-bond donors (Lipinski definition) is 0. The normalized spacial score (nSPS) is 9.33. The van der Waals surface area contributed by atoms with Crippen LogP contribution in [0.25, 0.3) is 0 Å². The van der Waals surface area contributed by atoms with Crippen LogP contribution < -0.4 is 34.7 Å². The van der Waals surface area contributed by atoms with Crippen LogP contribution >= 0.6 is 0 Å². The summed E-state index contributed by atoms with van der Waals surface area (Å²) in [5.74, 6) is 4.45. The Balaban J connectivity index is 0. The van der Waals surface area contributed by atoms with Gasteiger partial charge in [0, 0.05) is 6.42 Å². The van der Waals surface area contributed by atoms with E-state index in [1.807, 2.05) is 0 Å². The van der Waals surface area contributed by atoms with Crippen LogP contribution in [-0.2, 0) is 4.79 Å². The van der Waals surface area contributed by atoms with Crippen molar-refractivity contribution in [2.75, 3.05) is 0 Å². The molecule has 12 heavy (non-hydrogen) atoms. The topological polar surface area (TPSA) is 40.1 Å². The van der Waals surface area contributed by atoms with Gasteiger partial charge in [-0.1, -0.05) is 5.57 Å². The van der Waals surface area contributed by atoms with Gasteiger partial charge < -0.3 is 9.90 Å². The third-order valence-electron chi connectivity index (χ3n) is 1.19. The smallest absolute Gasteiger partial charge is 0.545 e. The monoisotopic (exact) mass is 174 g/mol. The number of aliphatic carboxylic acids is 1. The zero-order valence-corrected chi connectivity index (χ0v) is 9.81. The van der Waals surface area contributed by atoms with Crippen LogP contribution in [0.4, 0.5) is 0 Å². The van der Waals surface area contributed by atoms with Crippen LogP contribution in [0, 0.1) is 11.8 Å². The average Bonchev–Trinajstić information content (AvgIpc) is 1.86. The minimum Gasteiger partial charge on any atom is -0.545 e. The molecule has 0 aliphatic carbocycles. The fourth-order valence-electron chi connectivity index (χ4n) is 0.658. The quantitative estimate of drug-likeness (QED) is 0.269. The van der Waals surface area contributed by atoms with E-state index in [2.05, 4.69) is 11.8 Å². The van der Waals surface area contributed by atoms with Gasteiger partial charge in [-0.05, 0) is 26.3 Å². The largest absolute Gasteiger partial charge is 1.00 e. The van der Waals surface area contributed by atoms with Gasteiger partial charge in [0.15, 0.2) is 0 Å². The van der Waals surface area contributed by atoms with Crippen molar-refractivity contribution in [1.82, 2.24) is 0 Å².